The van der Waals surface area contributed by atoms with E-state index in [9.17, 15) is 4.39 Å². The summed E-state index contributed by atoms with van der Waals surface area (Å²) in [5, 5.41) is 3.37. The van der Waals surface area contributed by atoms with Crippen molar-refractivity contribution in [2.24, 2.45) is 5.92 Å². The highest BCUT2D eigenvalue weighted by Crippen LogP contribution is 2.24. The molecule has 0 aromatic heterocycles. The van der Waals surface area contributed by atoms with Crippen molar-refractivity contribution in [3.63, 3.8) is 0 Å². The summed E-state index contributed by atoms with van der Waals surface area (Å²) in [6.45, 7) is 4.14. The summed E-state index contributed by atoms with van der Waals surface area (Å²) in [4.78, 5) is 0. The molecule has 1 aliphatic rings. The van der Waals surface area contributed by atoms with Crippen LogP contribution >= 0.6 is 15.9 Å². The Morgan fingerprint density at radius 3 is 3.00 bits per heavy atom. The van der Waals surface area contributed by atoms with Gasteiger partial charge in [-0.05, 0) is 62.4 Å². The molecule has 3 heteroatoms. The van der Waals surface area contributed by atoms with Gasteiger partial charge < -0.3 is 5.32 Å². The van der Waals surface area contributed by atoms with Crippen LogP contribution in [0.25, 0.3) is 0 Å². The Morgan fingerprint density at radius 1 is 1.50 bits per heavy atom. The quantitative estimate of drug-likeness (QED) is 0.878. The third-order valence-corrected chi connectivity index (χ3v) is 4.09. The second kappa shape index (κ2) is 5.28. The fraction of sp³-hybridized carbons (Fsp3) is 0.538. The number of aryl methyl sites for hydroxylation is 1. The molecule has 0 bridgehead atoms. The van der Waals surface area contributed by atoms with Crippen molar-refractivity contribution in [2.45, 2.75) is 26.2 Å². The molecule has 16 heavy (non-hydrogen) atoms. The Hall–Kier alpha value is -0.410. The van der Waals surface area contributed by atoms with Crippen LogP contribution in [0, 0.1) is 18.7 Å². The lowest BCUT2D eigenvalue weighted by Crippen LogP contribution is -2.31. The molecule has 1 unspecified atom stereocenters. The first kappa shape index (κ1) is 12.1. The number of hydrogen-bond acceptors (Lipinski definition) is 1. The summed E-state index contributed by atoms with van der Waals surface area (Å²) in [7, 11) is 0. The van der Waals surface area contributed by atoms with Gasteiger partial charge in [0.05, 0.1) is 0 Å². The average Bonchev–Trinajstić information content (AvgIpc) is 2.27. The van der Waals surface area contributed by atoms with Gasteiger partial charge in [-0.25, -0.2) is 4.39 Å². The highest BCUT2D eigenvalue weighted by Gasteiger charge is 2.16. The number of piperidine rings is 1. The average molecular weight is 286 g/mol. The van der Waals surface area contributed by atoms with Gasteiger partial charge in [0.25, 0.3) is 0 Å². The summed E-state index contributed by atoms with van der Waals surface area (Å²) in [6, 6.07) is 3.55. The Morgan fingerprint density at radius 2 is 2.31 bits per heavy atom. The van der Waals surface area contributed by atoms with Crippen molar-refractivity contribution in [3.8, 4) is 0 Å². The zero-order valence-corrected chi connectivity index (χ0v) is 11.1. The van der Waals surface area contributed by atoms with E-state index in [1.54, 1.807) is 6.07 Å². The molecule has 2 rings (SSSR count). The zero-order chi connectivity index (χ0) is 11.5. The monoisotopic (exact) mass is 285 g/mol. The first-order chi connectivity index (χ1) is 7.66. The molecule has 88 valence electrons. The first-order valence-electron chi connectivity index (χ1n) is 5.82. The predicted octanol–water partition coefficient (Wildman–Crippen LogP) is 3.44. The minimum Gasteiger partial charge on any atom is -0.316 e. The van der Waals surface area contributed by atoms with E-state index in [4.69, 9.17) is 0 Å². The fourth-order valence-corrected chi connectivity index (χ4v) is 2.60. The van der Waals surface area contributed by atoms with E-state index < -0.39 is 0 Å². The maximum atomic E-state index is 13.7. The topological polar surface area (TPSA) is 12.0 Å². The molecule has 0 aliphatic carbocycles. The van der Waals surface area contributed by atoms with Gasteiger partial charge in [0.2, 0.25) is 0 Å². The molecule has 1 heterocycles. The van der Waals surface area contributed by atoms with E-state index in [-0.39, 0.29) is 5.82 Å². The second-order valence-corrected chi connectivity index (χ2v) is 5.46. The van der Waals surface area contributed by atoms with E-state index in [0.29, 0.717) is 5.92 Å². The van der Waals surface area contributed by atoms with Crippen LogP contribution in [-0.4, -0.2) is 13.1 Å². The van der Waals surface area contributed by atoms with Crippen LogP contribution in [0.5, 0.6) is 0 Å². The lowest BCUT2D eigenvalue weighted by Gasteiger charge is -2.23. The van der Waals surface area contributed by atoms with Crippen molar-refractivity contribution in [1.29, 1.82) is 0 Å². The summed E-state index contributed by atoms with van der Waals surface area (Å²) < 4.78 is 14.6. The molecule has 1 aromatic carbocycles. The van der Waals surface area contributed by atoms with Gasteiger partial charge in [0.15, 0.2) is 0 Å². The van der Waals surface area contributed by atoms with Gasteiger partial charge in [-0.15, -0.1) is 0 Å². The van der Waals surface area contributed by atoms with Gasteiger partial charge in [0.1, 0.15) is 5.82 Å². The van der Waals surface area contributed by atoms with Crippen molar-refractivity contribution in [2.75, 3.05) is 13.1 Å². The van der Waals surface area contributed by atoms with Crippen molar-refractivity contribution < 1.29 is 4.39 Å². The maximum absolute atomic E-state index is 13.7. The Labute approximate surface area is 105 Å². The highest BCUT2D eigenvalue weighted by molar-refractivity contribution is 9.10. The normalized spacial score (nSPS) is 21.1. The molecule has 0 amide bonds. The van der Waals surface area contributed by atoms with Gasteiger partial charge in [-0.1, -0.05) is 22.0 Å². The van der Waals surface area contributed by atoms with Crippen LogP contribution in [0.4, 0.5) is 4.39 Å². The highest BCUT2D eigenvalue weighted by atomic mass is 79.9. The van der Waals surface area contributed by atoms with Gasteiger partial charge >= 0.3 is 0 Å². The predicted molar refractivity (Wildman–Crippen MR) is 68.1 cm³/mol. The molecule has 0 saturated carbocycles. The molecule has 0 radical (unpaired) electrons. The van der Waals surface area contributed by atoms with Crippen molar-refractivity contribution >= 4 is 15.9 Å². The number of halogens is 2. The Bertz CT molecular complexity index is 372. The number of rotatable bonds is 2. The van der Waals surface area contributed by atoms with E-state index in [2.05, 4.69) is 21.2 Å². The molecule has 1 nitrogen and oxygen atoms in total. The second-order valence-electron chi connectivity index (χ2n) is 4.61. The third kappa shape index (κ3) is 2.83. The van der Waals surface area contributed by atoms with Crippen LogP contribution < -0.4 is 5.32 Å². The summed E-state index contributed by atoms with van der Waals surface area (Å²) in [5.74, 6) is 0.506. The van der Waals surface area contributed by atoms with Crippen LogP contribution in [0.1, 0.15) is 24.0 Å². The number of benzene rings is 1. The molecule has 1 aliphatic heterocycles. The van der Waals surface area contributed by atoms with Crippen LogP contribution in [-0.2, 0) is 6.42 Å². The van der Waals surface area contributed by atoms with E-state index in [1.165, 1.54) is 12.8 Å². The van der Waals surface area contributed by atoms with Crippen molar-refractivity contribution in [1.82, 2.24) is 5.32 Å². The Kier molecular flexibility index (Phi) is 3.98. The number of hydrogen-bond donors (Lipinski definition) is 1. The Balaban J connectivity index is 2.11. The van der Waals surface area contributed by atoms with Crippen LogP contribution in [0.15, 0.2) is 16.6 Å². The van der Waals surface area contributed by atoms with Crippen LogP contribution in [0.3, 0.4) is 0 Å². The lowest BCUT2D eigenvalue weighted by atomic mass is 9.91. The summed E-state index contributed by atoms with van der Waals surface area (Å²) in [6.07, 6.45) is 3.27. The van der Waals surface area contributed by atoms with Crippen molar-refractivity contribution in [3.05, 3.63) is 33.5 Å². The molecular formula is C13H17BrFN. The first-order valence-corrected chi connectivity index (χ1v) is 6.61. The molecule has 1 N–H and O–H groups in total. The molecule has 1 aromatic rings. The summed E-state index contributed by atoms with van der Waals surface area (Å²) in [5.41, 5.74) is 1.97. The lowest BCUT2D eigenvalue weighted by molar-refractivity contribution is 0.372. The summed E-state index contributed by atoms with van der Waals surface area (Å²) >= 11 is 3.35. The SMILES string of the molecule is Cc1cc(CC2CCCNC2)c(F)cc1Br. The molecule has 1 fully saturated rings. The van der Waals surface area contributed by atoms with Gasteiger partial charge in [-0.2, -0.15) is 0 Å². The van der Waals surface area contributed by atoms with Crippen LogP contribution in [0.2, 0.25) is 0 Å². The van der Waals surface area contributed by atoms with E-state index >= 15 is 0 Å². The largest absolute Gasteiger partial charge is 0.316 e. The van der Waals surface area contributed by atoms with Gasteiger partial charge in [0, 0.05) is 4.47 Å². The maximum Gasteiger partial charge on any atom is 0.127 e. The molecule has 1 saturated heterocycles. The zero-order valence-electron chi connectivity index (χ0n) is 9.52. The molecule has 1 atom stereocenters. The van der Waals surface area contributed by atoms with Gasteiger partial charge in [-0.3, -0.25) is 0 Å². The third-order valence-electron chi connectivity index (χ3n) is 3.24. The molecule has 0 spiro atoms. The van der Waals surface area contributed by atoms with E-state index in [1.807, 2.05) is 13.0 Å². The molecular weight excluding hydrogens is 269 g/mol. The minimum atomic E-state index is -0.0805. The standard InChI is InChI=1S/C13H17BrFN/c1-9-5-11(13(15)7-12(9)14)6-10-3-2-4-16-8-10/h5,7,10,16H,2-4,6,8H2,1H3. The number of nitrogens with one attached hydrogen (secondary N) is 1. The fourth-order valence-electron chi connectivity index (χ4n) is 2.28. The van der Waals surface area contributed by atoms with E-state index in [0.717, 1.165) is 35.1 Å². The minimum absolute atomic E-state index is 0.0805. The smallest absolute Gasteiger partial charge is 0.127 e.